The Hall–Kier alpha value is -3.88. The Labute approximate surface area is 195 Å². The Kier molecular flexibility index (Phi) is 3.85. The highest BCUT2D eigenvalue weighted by Gasteiger charge is 2.22. The number of thiophene rings is 1. The van der Waals surface area contributed by atoms with Crippen LogP contribution in [0.1, 0.15) is 12.5 Å². The minimum absolute atomic E-state index is 1.08. The lowest BCUT2D eigenvalue weighted by atomic mass is 9.98. The van der Waals surface area contributed by atoms with Crippen LogP contribution in [0.25, 0.3) is 64.0 Å². The SMILES string of the molecule is C=C(C)c1ccc(-n2c3c4ccccc4sc3c3c4ccccc4c4ccccc4c32)cc1. The van der Waals surface area contributed by atoms with Crippen molar-refractivity contribution < 1.29 is 0 Å². The van der Waals surface area contributed by atoms with Crippen LogP contribution in [0.15, 0.2) is 104 Å². The smallest absolute Gasteiger partial charge is 0.0728 e. The van der Waals surface area contributed by atoms with Gasteiger partial charge in [0.25, 0.3) is 0 Å². The second kappa shape index (κ2) is 6.81. The van der Waals surface area contributed by atoms with Gasteiger partial charge in [-0.15, -0.1) is 11.3 Å². The maximum atomic E-state index is 4.12. The maximum absolute atomic E-state index is 4.12. The average molecular weight is 440 g/mol. The molecule has 1 nitrogen and oxygen atoms in total. The van der Waals surface area contributed by atoms with Crippen molar-refractivity contribution in [2.75, 3.05) is 0 Å². The third-order valence-electron chi connectivity index (χ3n) is 6.77. The van der Waals surface area contributed by atoms with Crippen LogP contribution < -0.4 is 0 Å². The van der Waals surface area contributed by atoms with Crippen LogP contribution in [0.4, 0.5) is 0 Å². The molecule has 0 aliphatic heterocycles. The first kappa shape index (κ1) is 18.7. The monoisotopic (exact) mass is 439 g/mol. The molecule has 0 fully saturated rings. The molecule has 0 N–H and O–H groups in total. The van der Waals surface area contributed by atoms with Gasteiger partial charge in [-0.2, -0.15) is 0 Å². The number of allylic oxidation sites excluding steroid dienone is 1. The Bertz CT molecular complexity index is 1880. The second-order valence-corrected chi connectivity index (χ2v) is 9.81. The molecule has 5 aromatic carbocycles. The summed E-state index contributed by atoms with van der Waals surface area (Å²) >= 11 is 1.90. The van der Waals surface area contributed by atoms with Crippen molar-refractivity contribution in [2.45, 2.75) is 6.92 Å². The topological polar surface area (TPSA) is 4.93 Å². The molecule has 0 saturated carbocycles. The lowest BCUT2D eigenvalue weighted by Crippen LogP contribution is -1.95. The molecule has 0 amide bonds. The van der Waals surface area contributed by atoms with Gasteiger partial charge >= 0.3 is 0 Å². The summed E-state index contributed by atoms with van der Waals surface area (Å²) < 4.78 is 5.17. The molecule has 0 radical (unpaired) electrons. The van der Waals surface area contributed by atoms with E-state index in [-0.39, 0.29) is 0 Å². The number of hydrogen-bond acceptors (Lipinski definition) is 1. The van der Waals surface area contributed by atoms with Crippen molar-refractivity contribution in [1.82, 2.24) is 4.57 Å². The quantitative estimate of drug-likeness (QED) is 0.236. The minimum atomic E-state index is 1.08. The lowest BCUT2D eigenvalue weighted by Gasteiger charge is -2.13. The third kappa shape index (κ3) is 2.53. The number of hydrogen-bond donors (Lipinski definition) is 0. The van der Waals surface area contributed by atoms with E-state index < -0.39 is 0 Å². The number of aromatic nitrogens is 1. The van der Waals surface area contributed by atoms with E-state index >= 15 is 0 Å². The Morgan fingerprint density at radius 2 is 1.21 bits per heavy atom. The van der Waals surface area contributed by atoms with Gasteiger partial charge in [0.2, 0.25) is 0 Å². The van der Waals surface area contributed by atoms with Crippen LogP contribution >= 0.6 is 11.3 Å². The highest BCUT2D eigenvalue weighted by molar-refractivity contribution is 7.26. The van der Waals surface area contributed by atoms with Crippen LogP contribution in [-0.2, 0) is 0 Å². The van der Waals surface area contributed by atoms with Gasteiger partial charge in [0.05, 0.1) is 15.7 Å². The highest BCUT2D eigenvalue weighted by Crippen LogP contribution is 2.47. The van der Waals surface area contributed by atoms with E-state index in [4.69, 9.17) is 0 Å². The first-order valence-corrected chi connectivity index (χ1v) is 12.1. The molecule has 0 unspecified atom stereocenters. The zero-order chi connectivity index (χ0) is 22.1. The predicted molar refractivity (Wildman–Crippen MR) is 146 cm³/mol. The zero-order valence-electron chi connectivity index (χ0n) is 18.3. The molecule has 33 heavy (non-hydrogen) atoms. The van der Waals surface area contributed by atoms with Crippen molar-refractivity contribution in [3.8, 4) is 5.69 Å². The fourth-order valence-corrected chi connectivity index (χ4v) is 6.52. The largest absolute Gasteiger partial charge is 0.307 e. The van der Waals surface area contributed by atoms with E-state index in [1.165, 1.54) is 64.0 Å². The number of fused-ring (bicyclic) bond motifs is 10. The van der Waals surface area contributed by atoms with Crippen LogP contribution in [-0.4, -0.2) is 4.57 Å². The summed E-state index contributed by atoms with van der Waals surface area (Å²) in [6.07, 6.45) is 0. The third-order valence-corrected chi connectivity index (χ3v) is 7.94. The van der Waals surface area contributed by atoms with Gasteiger partial charge in [0, 0.05) is 26.5 Å². The van der Waals surface area contributed by atoms with Gasteiger partial charge in [-0.3, -0.25) is 0 Å². The van der Waals surface area contributed by atoms with Gasteiger partial charge in [-0.05, 0) is 46.8 Å². The molecular weight excluding hydrogens is 418 g/mol. The Balaban J connectivity index is 1.79. The summed E-state index contributed by atoms with van der Waals surface area (Å²) in [7, 11) is 0. The molecular formula is C31H21NS. The minimum Gasteiger partial charge on any atom is -0.307 e. The summed E-state index contributed by atoms with van der Waals surface area (Å²) in [5, 5.41) is 7.89. The van der Waals surface area contributed by atoms with E-state index in [0.717, 1.165) is 5.57 Å². The number of rotatable bonds is 2. The van der Waals surface area contributed by atoms with Gasteiger partial charge in [-0.25, -0.2) is 0 Å². The van der Waals surface area contributed by atoms with Crippen molar-refractivity contribution in [1.29, 1.82) is 0 Å². The van der Waals surface area contributed by atoms with E-state index in [1.54, 1.807) is 0 Å². The van der Waals surface area contributed by atoms with E-state index in [2.05, 4.69) is 115 Å². The first-order valence-electron chi connectivity index (χ1n) is 11.2. The average Bonchev–Trinajstić information content (AvgIpc) is 3.39. The van der Waals surface area contributed by atoms with Crippen molar-refractivity contribution in [3.05, 3.63) is 109 Å². The molecule has 2 heteroatoms. The Morgan fingerprint density at radius 1 is 0.636 bits per heavy atom. The van der Waals surface area contributed by atoms with Crippen LogP contribution in [0.2, 0.25) is 0 Å². The van der Waals surface area contributed by atoms with Gasteiger partial charge in [0.1, 0.15) is 0 Å². The van der Waals surface area contributed by atoms with E-state index in [0.29, 0.717) is 0 Å². The van der Waals surface area contributed by atoms with Crippen molar-refractivity contribution in [3.63, 3.8) is 0 Å². The molecule has 0 saturated heterocycles. The summed E-state index contributed by atoms with van der Waals surface area (Å²) in [4.78, 5) is 0. The fraction of sp³-hybridized carbons (Fsp3) is 0.0323. The maximum Gasteiger partial charge on any atom is 0.0728 e. The predicted octanol–water partition coefficient (Wildman–Crippen LogP) is 9.34. The van der Waals surface area contributed by atoms with Gasteiger partial charge in [0.15, 0.2) is 0 Å². The fourth-order valence-electron chi connectivity index (χ4n) is 5.27. The molecule has 2 heterocycles. The molecule has 0 spiro atoms. The van der Waals surface area contributed by atoms with Crippen LogP contribution in [0.5, 0.6) is 0 Å². The highest BCUT2D eigenvalue weighted by atomic mass is 32.1. The molecule has 0 bridgehead atoms. The van der Waals surface area contributed by atoms with Crippen molar-refractivity contribution >= 4 is 69.7 Å². The standard InChI is InChI=1S/C31H21NS/c1-19(2)20-15-17-21(18-16-20)32-29-25-12-6-4-10-23(25)22-9-3-5-11-24(22)28(29)31-30(32)26-13-7-8-14-27(26)33-31/h3-18H,1H2,2H3. The van der Waals surface area contributed by atoms with Crippen LogP contribution in [0, 0.1) is 0 Å². The van der Waals surface area contributed by atoms with Gasteiger partial charge < -0.3 is 4.57 Å². The molecule has 0 aliphatic rings. The zero-order valence-corrected chi connectivity index (χ0v) is 19.1. The number of nitrogens with zero attached hydrogens (tertiary/aromatic N) is 1. The summed E-state index contributed by atoms with van der Waals surface area (Å²) in [5.74, 6) is 0. The molecule has 0 atom stereocenters. The molecule has 156 valence electrons. The Morgan fingerprint density at radius 3 is 1.91 bits per heavy atom. The second-order valence-electron chi connectivity index (χ2n) is 8.75. The molecule has 7 rings (SSSR count). The number of benzene rings is 5. The van der Waals surface area contributed by atoms with E-state index in [1.807, 2.05) is 11.3 Å². The summed E-state index contributed by atoms with van der Waals surface area (Å²) in [6.45, 7) is 6.18. The molecule has 7 aromatic rings. The van der Waals surface area contributed by atoms with Crippen LogP contribution in [0.3, 0.4) is 0 Å². The molecule has 2 aromatic heterocycles. The normalized spacial score (nSPS) is 11.9. The van der Waals surface area contributed by atoms with Gasteiger partial charge in [-0.1, -0.05) is 91.0 Å². The van der Waals surface area contributed by atoms with E-state index in [9.17, 15) is 0 Å². The first-order chi connectivity index (χ1) is 16.2. The van der Waals surface area contributed by atoms with Crippen molar-refractivity contribution in [2.24, 2.45) is 0 Å². The molecule has 0 aliphatic carbocycles. The lowest BCUT2D eigenvalue weighted by molar-refractivity contribution is 1.19. The summed E-state index contributed by atoms with van der Waals surface area (Å²) in [6, 6.07) is 35.3. The summed E-state index contributed by atoms with van der Waals surface area (Å²) in [5.41, 5.74) is 6.04.